The number of aryl methyl sites for hydroxylation is 1. The number of nitrogens with zero attached hydrogens (tertiary/aromatic N) is 1. The Labute approximate surface area is 112 Å². The van der Waals surface area contributed by atoms with E-state index < -0.39 is 0 Å². The highest BCUT2D eigenvalue weighted by atomic mass is 32.1. The highest BCUT2D eigenvalue weighted by molar-refractivity contribution is 7.11. The molecule has 0 radical (unpaired) electrons. The Morgan fingerprint density at radius 1 is 1.67 bits per heavy atom. The number of amides is 1. The fourth-order valence-electron chi connectivity index (χ4n) is 2.14. The second-order valence-corrected chi connectivity index (χ2v) is 5.90. The normalized spacial score (nSPS) is 21.6. The summed E-state index contributed by atoms with van der Waals surface area (Å²) >= 11 is 1.68. The molecule has 1 aromatic rings. The van der Waals surface area contributed by atoms with Gasteiger partial charge in [-0.1, -0.05) is 13.3 Å². The maximum Gasteiger partial charge on any atom is 0.237 e. The minimum Gasteiger partial charge on any atom is -0.346 e. The first-order chi connectivity index (χ1) is 8.70. The molecule has 1 aromatic heterocycles. The molecular weight excluding hydrogens is 246 g/mol. The Balaban J connectivity index is 1.89. The molecule has 2 N–H and O–H groups in total. The van der Waals surface area contributed by atoms with Crippen molar-refractivity contribution in [2.45, 2.75) is 51.6 Å². The number of nitrogens with one attached hydrogen (secondary N) is 2. The molecular formula is C13H21N3OS. The van der Waals surface area contributed by atoms with Crippen LogP contribution in [0.1, 0.15) is 49.0 Å². The van der Waals surface area contributed by atoms with Crippen molar-refractivity contribution in [3.63, 3.8) is 0 Å². The van der Waals surface area contributed by atoms with Gasteiger partial charge in [-0.2, -0.15) is 0 Å². The van der Waals surface area contributed by atoms with Crippen LogP contribution in [0, 0.1) is 0 Å². The zero-order chi connectivity index (χ0) is 13.0. The summed E-state index contributed by atoms with van der Waals surface area (Å²) in [5.41, 5.74) is 0. The summed E-state index contributed by atoms with van der Waals surface area (Å²) < 4.78 is 0. The van der Waals surface area contributed by atoms with Crippen molar-refractivity contribution in [3.8, 4) is 0 Å². The average Bonchev–Trinajstić information content (AvgIpc) is 2.88. The Kier molecular flexibility index (Phi) is 4.72. The van der Waals surface area contributed by atoms with E-state index in [1.165, 1.54) is 11.3 Å². The number of hydrogen-bond donors (Lipinski definition) is 2. The lowest BCUT2D eigenvalue weighted by atomic mass is 10.0. The summed E-state index contributed by atoms with van der Waals surface area (Å²) in [6, 6.07) is -0.0154. The molecule has 0 saturated carbocycles. The van der Waals surface area contributed by atoms with Crippen LogP contribution in [0.4, 0.5) is 0 Å². The van der Waals surface area contributed by atoms with Crippen LogP contribution in [0.3, 0.4) is 0 Å². The highest BCUT2D eigenvalue weighted by Gasteiger charge is 2.22. The zero-order valence-corrected chi connectivity index (χ0v) is 11.8. The lowest BCUT2D eigenvalue weighted by Gasteiger charge is -2.24. The van der Waals surface area contributed by atoms with Crippen molar-refractivity contribution < 1.29 is 4.79 Å². The number of hydrogen-bond acceptors (Lipinski definition) is 4. The van der Waals surface area contributed by atoms with E-state index in [1.54, 1.807) is 11.3 Å². The van der Waals surface area contributed by atoms with Gasteiger partial charge < -0.3 is 10.6 Å². The summed E-state index contributed by atoms with van der Waals surface area (Å²) in [6.45, 7) is 5.06. The van der Waals surface area contributed by atoms with Gasteiger partial charge in [0.15, 0.2) is 0 Å². The van der Waals surface area contributed by atoms with Crippen LogP contribution in [-0.2, 0) is 11.2 Å². The Hall–Kier alpha value is -0.940. The molecule has 2 rings (SSSR count). The smallest absolute Gasteiger partial charge is 0.237 e. The molecule has 100 valence electrons. The molecule has 1 fully saturated rings. The number of carbonyl (C=O) groups is 1. The monoisotopic (exact) mass is 267 g/mol. The molecule has 1 unspecified atom stereocenters. The fraction of sp³-hybridized carbons (Fsp3) is 0.692. The summed E-state index contributed by atoms with van der Waals surface area (Å²) in [5, 5.41) is 7.31. The molecule has 1 aliphatic heterocycles. The van der Waals surface area contributed by atoms with Crippen molar-refractivity contribution in [1.82, 2.24) is 15.6 Å². The summed E-state index contributed by atoms with van der Waals surface area (Å²) in [6.07, 6.45) is 6.16. The van der Waals surface area contributed by atoms with Gasteiger partial charge in [-0.05, 0) is 32.7 Å². The molecule has 0 aromatic carbocycles. The maximum absolute atomic E-state index is 12.1. The Morgan fingerprint density at radius 2 is 2.50 bits per heavy atom. The summed E-state index contributed by atoms with van der Waals surface area (Å²) in [4.78, 5) is 17.7. The van der Waals surface area contributed by atoms with Crippen molar-refractivity contribution in [2.24, 2.45) is 0 Å². The van der Waals surface area contributed by atoms with Gasteiger partial charge in [0.25, 0.3) is 0 Å². The fourth-order valence-corrected chi connectivity index (χ4v) is 3.00. The summed E-state index contributed by atoms with van der Waals surface area (Å²) in [7, 11) is 0. The van der Waals surface area contributed by atoms with Gasteiger partial charge in [-0.3, -0.25) is 4.79 Å². The van der Waals surface area contributed by atoms with E-state index in [1.807, 2.05) is 13.1 Å². The third-order valence-electron chi connectivity index (χ3n) is 3.28. The number of carbonyl (C=O) groups excluding carboxylic acids is 1. The van der Waals surface area contributed by atoms with Gasteiger partial charge in [0, 0.05) is 11.1 Å². The van der Waals surface area contributed by atoms with E-state index in [-0.39, 0.29) is 18.0 Å². The van der Waals surface area contributed by atoms with E-state index in [0.29, 0.717) is 0 Å². The molecule has 1 aliphatic rings. The lowest BCUT2D eigenvalue weighted by molar-refractivity contribution is -0.124. The first-order valence-corrected chi connectivity index (χ1v) is 7.50. The van der Waals surface area contributed by atoms with Crippen molar-refractivity contribution >= 4 is 17.2 Å². The van der Waals surface area contributed by atoms with E-state index in [0.717, 1.165) is 30.8 Å². The minimum absolute atomic E-state index is 0.00604. The SMILES string of the molecule is CCc1cnc(C(C)NC(=O)[C@@H]2CCCCN2)s1. The quantitative estimate of drug-likeness (QED) is 0.877. The van der Waals surface area contributed by atoms with Crippen molar-refractivity contribution in [2.75, 3.05) is 6.54 Å². The van der Waals surface area contributed by atoms with Gasteiger partial charge in [0.05, 0.1) is 12.1 Å². The van der Waals surface area contributed by atoms with Crippen molar-refractivity contribution in [3.05, 3.63) is 16.1 Å². The van der Waals surface area contributed by atoms with Crippen LogP contribution >= 0.6 is 11.3 Å². The van der Waals surface area contributed by atoms with Crippen LogP contribution in [-0.4, -0.2) is 23.5 Å². The van der Waals surface area contributed by atoms with Crippen LogP contribution in [0.25, 0.3) is 0 Å². The van der Waals surface area contributed by atoms with Crippen LogP contribution in [0.5, 0.6) is 0 Å². The van der Waals surface area contributed by atoms with E-state index in [9.17, 15) is 4.79 Å². The molecule has 5 heteroatoms. The van der Waals surface area contributed by atoms with E-state index in [4.69, 9.17) is 0 Å². The Morgan fingerprint density at radius 3 is 3.11 bits per heavy atom. The lowest BCUT2D eigenvalue weighted by Crippen LogP contribution is -2.47. The third-order valence-corrected chi connectivity index (χ3v) is 4.60. The average molecular weight is 267 g/mol. The van der Waals surface area contributed by atoms with Crippen LogP contribution < -0.4 is 10.6 Å². The second-order valence-electron chi connectivity index (χ2n) is 4.75. The number of piperidine rings is 1. The van der Waals surface area contributed by atoms with Crippen LogP contribution in [0.15, 0.2) is 6.20 Å². The highest BCUT2D eigenvalue weighted by Crippen LogP contribution is 2.20. The molecule has 1 amide bonds. The molecule has 18 heavy (non-hydrogen) atoms. The third kappa shape index (κ3) is 3.29. The minimum atomic E-state index is -0.0215. The summed E-state index contributed by atoms with van der Waals surface area (Å²) in [5.74, 6) is 0.107. The molecule has 0 bridgehead atoms. The molecule has 2 atom stereocenters. The van der Waals surface area contributed by atoms with E-state index in [2.05, 4.69) is 22.5 Å². The zero-order valence-electron chi connectivity index (χ0n) is 11.0. The molecule has 0 aliphatic carbocycles. The number of aromatic nitrogens is 1. The standard InChI is InChI=1S/C13H21N3OS/c1-3-10-8-15-13(18-10)9(2)16-12(17)11-6-4-5-7-14-11/h8-9,11,14H,3-7H2,1-2H3,(H,16,17)/t9?,11-/m0/s1. The Bertz CT molecular complexity index is 399. The van der Waals surface area contributed by atoms with Gasteiger partial charge in [-0.25, -0.2) is 4.98 Å². The van der Waals surface area contributed by atoms with Gasteiger partial charge >= 0.3 is 0 Å². The van der Waals surface area contributed by atoms with Gasteiger partial charge in [0.2, 0.25) is 5.91 Å². The largest absolute Gasteiger partial charge is 0.346 e. The number of thiazole rings is 1. The molecule has 2 heterocycles. The number of rotatable bonds is 4. The van der Waals surface area contributed by atoms with E-state index >= 15 is 0 Å². The van der Waals surface area contributed by atoms with Gasteiger partial charge in [-0.15, -0.1) is 11.3 Å². The molecule has 1 saturated heterocycles. The molecule has 0 spiro atoms. The first kappa shape index (κ1) is 13.5. The predicted octanol–water partition coefficient (Wildman–Crippen LogP) is 2.02. The first-order valence-electron chi connectivity index (χ1n) is 6.69. The second kappa shape index (κ2) is 6.29. The van der Waals surface area contributed by atoms with Crippen LogP contribution in [0.2, 0.25) is 0 Å². The van der Waals surface area contributed by atoms with Gasteiger partial charge in [0.1, 0.15) is 5.01 Å². The van der Waals surface area contributed by atoms with Crippen molar-refractivity contribution in [1.29, 1.82) is 0 Å². The predicted molar refractivity (Wildman–Crippen MR) is 73.7 cm³/mol. The maximum atomic E-state index is 12.1. The molecule has 4 nitrogen and oxygen atoms in total. The topological polar surface area (TPSA) is 54.0 Å².